The third-order valence-electron chi connectivity index (χ3n) is 4.02. The Morgan fingerprint density at radius 1 is 1.05 bits per heavy atom. The van der Waals surface area contributed by atoms with Crippen LogP contribution in [0.2, 0.25) is 0 Å². The molecule has 0 saturated carbocycles. The normalized spacial score (nSPS) is 19.7. The predicted octanol–water partition coefficient (Wildman–Crippen LogP) is 3.01. The Hall–Kier alpha value is -1.45. The highest BCUT2D eigenvalue weighted by atomic mass is 19.1. The van der Waals surface area contributed by atoms with Gasteiger partial charge in [0.2, 0.25) is 5.91 Å². The highest BCUT2D eigenvalue weighted by Crippen LogP contribution is 2.42. The Morgan fingerprint density at radius 3 is 2.11 bits per heavy atom. The molecule has 0 unspecified atom stereocenters. The number of hydrogen-bond acceptors (Lipinski definition) is 1. The molecule has 0 fully saturated rings. The number of hydrogen-bond donors (Lipinski definition) is 1. The first-order valence-corrected chi connectivity index (χ1v) is 6.52. The molecule has 1 amide bonds. The quantitative estimate of drug-likeness (QED) is 0.892. The maximum atomic E-state index is 12.9. The summed E-state index contributed by atoms with van der Waals surface area (Å²) >= 11 is 0. The lowest BCUT2D eigenvalue weighted by molar-refractivity contribution is -0.130. The van der Waals surface area contributed by atoms with E-state index in [0.29, 0.717) is 0 Å². The number of amides is 1. The van der Waals surface area contributed by atoms with Crippen LogP contribution in [0.1, 0.15) is 37.8 Å². The van der Waals surface area contributed by atoms with Crippen molar-refractivity contribution in [2.45, 2.75) is 37.6 Å². The largest absolute Gasteiger partial charge is 0.346 e. The van der Waals surface area contributed by atoms with Gasteiger partial charge in [-0.15, -0.1) is 0 Å². The summed E-state index contributed by atoms with van der Waals surface area (Å²) in [7, 11) is 0. The van der Waals surface area contributed by atoms with E-state index in [4.69, 9.17) is 0 Å². The maximum absolute atomic E-state index is 12.9. The second kappa shape index (κ2) is 4.91. The summed E-state index contributed by atoms with van der Waals surface area (Å²) in [5, 5.41) is 2.90. The van der Waals surface area contributed by atoms with Crippen molar-refractivity contribution in [3.8, 4) is 0 Å². The van der Waals surface area contributed by atoms with Crippen molar-refractivity contribution in [2.24, 2.45) is 0 Å². The zero-order valence-corrected chi connectivity index (χ0v) is 11.3. The van der Waals surface area contributed by atoms with Gasteiger partial charge in [-0.1, -0.05) is 24.3 Å². The van der Waals surface area contributed by atoms with Crippen molar-refractivity contribution >= 4 is 5.91 Å². The Morgan fingerprint density at radius 2 is 1.58 bits per heavy atom. The van der Waals surface area contributed by atoms with Crippen LogP contribution in [0.15, 0.2) is 24.3 Å². The Kier molecular flexibility index (Phi) is 3.61. The Balaban J connectivity index is 2.63. The molecule has 1 aliphatic rings. The number of benzene rings is 1. The van der Waals surface area contributed by atoms with Gasteiger partial charge < -0.3 is 5.32 Å². The third kappa shape index (κ3) is 2.13. The van der Waals surface area contributed by atoms with Crippen molar-refractivity contribution < 1.29 is 13.6 Å². The number of carbonyl (C=O) groups excluding carboxylic acids is 1. The monoisotopic (exact) mass is 267 g/mol. The number of rotatable bonds is 4. The fourth-order valence-corrected chi connectivity index (χ4v) is 2.98. The molecule has 0 aromatic heterocycles. The van der Waals surface area contributed by atoms with Crippen LogP contribution in [0.25, 0.3) is 0 Å². The first-order valence-electron chi connectivity index (χ1n) is 6.52. The minimum atomic E-state index is -1.07. The summed E-state index contributed by atoms with van der Waals surface area (Å²) in [5.41, 5.74) is 0.120. The summed E-state index contributed by atoms with van der Waals surface area (Å²) in [6.45, 7) is 2.53. The molecule has 0 atom stereocenters. The van der Waals surface area contributed by atoms with Crippen LogP contribution < -0.4 is 5.32 Å². The molecule has 0 bridgehead atoms. The van der Waals surface area contributed by atoms with E-state index in [1.54, 1.807) is 0 Å². The summed E-state index contributed by atoms with van der Waals surface area (Å²) in [4.78, 5) is 12.4. The van der Waals surface area contributed by atoms with Crippen LogP contribution in [0.4, 0.5) is 8.78 Å². The molecule has 0 spiro atoms. The topological polar surface area (TPSA) is 29.1 Å². The highest BCUT2D eigenvalue weighted by Gasteiger charge is 2.48. The van der Waals surface area contributed by atoms with Gasteiger partial charge in [-0.2, -0.15) is 0 Å². The molecule has 1 aromatic rings. The van der Waals surface area contributed by atoms with Crippen molar-refractivity contribution in [3.63, 3.8) is 0 Å². The molecule has 0 aliphatic carbocycles. The smallest absolute Gasteiger partial charge is 0.231 e. The molecule has 1 aromatic carbocycles. The van der Waals surface area contributed by atoms with Gasteiger partial charge in [-0.25, -0.2) is 0 Å². The number of halogens is 2. The minimum Gasteiger partial charge on any atom is -0.346 e. The van der Waals surface area contributed by atoms with Gasteiger partial charge >= 0.3 is 0 Å². The SMILES string of the molecule is CC1(C)NC(=O)C(CCF)(CCF)c2ccccc21. The molecule has 2 rings (SSSR count). The van der Waals surface area contributed by atoms with Crippen LogP contribution in [-0.2, 0) is 15.7 Å². The van der Waals surface area contributed by atoms with Gasteiger partial charge in [0.25, 0.3) is 0 Å². The lowest BCUT2D eigenvalue weighted by Crippen LogP contribution is -2.57. The molecule has 0 saturated heterocycles. The molecule has 1 heterocycles. The van der Waals surface area contributed by atoms with E-state index in [9.17, 15) is 13.6 Å². The van der Waals surface area contributed by atoms with Gasteiger partial charge in [0.1, 0.15) is 0 Å². The molecular weight excluding hydrogens is 248 g/mol. The zero-order chi connectivity index (χ0) is 14.1. The summed E-state index contributed by atoms with van der Waals surface area (Å²) in [6.07, 6.45) is 0.0473. The predicted molar refractivity (Wildman–Crippen MR) is 70.5 cm³/mol. The van der Waals surface area contributed by atoms with Gasteiger partial charge in [0.05, 0.1) is 24.3 Å². The molecule has 2 nitrogen and oxygen atoms in total. The first-order chi connectivity index (χ1) is 8.98. The van der Waals surface area contributed by atoms with Crippen molar-refractivity contribution in [1.29, 1.82) is 0 Å². The number of alkyl halides is 2. The summed E-state index contributed by atoms with van der Waals surface area (Å²) in [5.74, 6) is -0.272. The van der Waals surface area contributed by atoms with Gasteiger partial charge in [0.15, 0.2) is 0 Å². The van der Waals surface area contributed by atoms with Crippen LogP contribution in [0.3, 0.4) is 0 Å². The van der Waals surface area contributed by atoms with E-state index in [2.05, 4.69) is 5.32 Å². The number of carbonyl (C=O) groups is 1. The van der Waals surface area contributed by atoms with Crippen molar-refractivity contribution in [1.82, 2.24) is 5.32 Å². The minimum absolute atomic E-state index is 0.0237. The maximum Gasteiger partial charge on any atom is 0.231 e. The third-order valence-corrected chi connectivity index (χ3v) is 4.02. The van der Waals surface area contributed by atoms with E-state index in [1.165, 1.54) is 0 Å². The average molecular weight is 267 g/mol. The van der Waals surface area contributed by atoms with Gasteiger partial charge in [-0.05, 0) is 37.8 Å². The lowest BCUT2D eigenvalue weighted by atomic mass is 9.67. The van der Waals surface area contributed by atoms with Gasteiger partial charge in [0, 0.05) is 0 Å². The molecule has 4 heteroatoms. The van der Waals surface area contributed by atoms with E-state index >= 15 is 0 Å². The lowest BCUT2D eigenvalue weighted by Gasteiger charge is -2.44. The second-order valence-electron chi connectivity index (χ2n) is 5.58. The molecule has 104 valence electrons. The van der Waals surface area contributed by atoms with Crippen molar-refractivity contribution in [2.75, 3.05) is 13.3 Å². The Bertz CT molecular complexity index is 479. The van der Waals surface area contributed by atoms with E-state index < -0.39 is 24.3 Å². The van der Waals surface area contributed by atoms with Crippen molar-refractivity contribution in [3.05, 3.63) is 35.4 Å². The molecular formula is C15H19F2NO. The van der Waals surface area contributed by atoms with E-state index in [0.717, 1.165) is 11.1 Å². The fraction of sp³-hybridized carbons (Fsp3) is 0.533. The standard InChI is InChI=1S/C15H19F2NO/c1-14(2)11-5-3-4-6-12(11)15(7-9-16,8-10-17)13(19)18-14/h3-6H,7-10H2,1-2H3,(H,18,19). The van der Waals surface area contributed by atoms with Crippen LogP contribution in [0.5, 0.6) is 0 Å². The molecule has 0 radical (unpaired) electrons. The number of fused-ring (bicyclic) bond motifs is 1. The van der Waals surface area contributed by atoms with Crippen LogP contribution in [0, 0.1) is 0 Å². The fourth-order valence-electron chi connectivity index (χ4n) is 2.98. The number of nitrogens with one attached hydrogen (secondary N) is 1. The Labute approximate surface area is 112 Å². The summed E-state index contributed by atoms with van der Waals surface area (Å²) in [6, 6.07) is 7.44. The van der Waals surface area contributed by atoms with E-state index in [1.807, 2.05) is 38.1 Å². The van der Waals surface area contributed by atoms with Crippen LogP contribution >= 0.6 is 0 Å². The highest BCUT2D eigenvalue weighted by molar-refractivity contribution is 5.91. The molecule has 19 heavy (non-hydrogen) atoms. The zero-order valence-electron chi connectivity index (χ0n) is 11.3. The van der Waals surface area contributed by atoms with Crippen LogP contribution in [-0.4, -0.2) is 19.3 Å². The van der Waals surface area contributed by atoms with Gasteiger partial charge in [-0.3, -0.25) is 13.6 Å². The molecule has 1 aliphatic heterocycles. The molecule has 1 N–H and O–H groups in total. The summed E-state index contributed by atoms with van der Waals surface area (Å²) < 4.78 is 25.8. The second-order valence-corrected chi connectivity index (χ2v) is 5.58. The average Bonchev–Trinajstić information content (AvgIpc) is 2.36. The first kappa shape index (κ1) is 14.0. The van der Waals surface area contributed by atoms with E-state index in [-0.39, 0.29) is 18.7 Å².